The highest BCUT2D eigenvalue weighted by molar-refractivity contribution is 6.12. The van der Waals surface area contributed by atoms with Crippen LogP contribution in [-0.4, -0.2) is 47.3 Å². The van der Waals surface area contributed by atoms with Crippen molar-refractivity contribution >= 4 is 45.1 Å². The van der Waals surface area contributed by atoms with Crippen molar-refractivity contribution in [2.75, 3.05) is 31.4 Å². The number of carbonyl (C=O) groups excluding carboxylic acids is 2. The lowest BCUT2D eigenvalue weighted by Gasteiger charge is -2.22. The van der Waals surface area contributed by atoms with Crippen molar-refractivity contribution in [1.29, 1.82) is 0 Å². The van der Waals surface area contributed by atoms with Crippen LogP contribution in [0.5, 0.6) is 11.5 Å². The van der Waals surface area contributed by atoms with Crippen LogP contribution in [0.3, 0.4) is 0 Å². The fourth-order valence-corrected chi connectivity index (χ4v) is 6.45. The van der Waals surface area contributed by atoms with E-state index in [1.807, 2.05) is 48.3 Å². The smallest absolute Gasteiger partial charge is 0.291 e. The van der Waals surface area contributed by atoms with Crippen LogP contribution in [0.2, 0.25) is 0 Å². The van der Waals surface area contributed by atoms with Crippen molar-refractivity contribution in [3.05, 3.63) is 159 Å². The number of hydrogen-bond donors (Lipinski definition) is 2. The third-order valence-corrected chi connectivity index (χ3v) is 9.26. The van der Waals surface area contributed by atoms with E-state index < -0.39 is 11.8 Å². The molecule has 55 heavy (non-hydrogen) atoms. The number of hydrogen-bond acceptors (Lipinski definition) is 9. The predicted octanol–water partition coefficient (Wildman–Crippen LogP) is 6.08. The van der Waals surface area contributed by atoms with Gasteiger partial charge in [0.1, 0.15) is 5.58 Å². The van der Waals surface area contributed by atoms with Gasteiger partial charge in [0.05, 0.1) is 42.6 Å². The number of ether oxygens (including phenoxy) is 2. The van der Waals surface area contributed by atoms with Gasteiger partial charge in [-0.05, 0) is 66.1 Å². The summed E-state index contributed by atoms with van der Waals surface area (Å²) >= 11 is 0. The van der Waals surface area contributed by atoms with Gasteiger partial charge >= 0.3 is 0 Å². The van der Waals surface area contributed by atoms with Gasteiger partial charge in [-0.15, -0.1) is 0 Å². The molecule has 0 spiro atoms. The van der Waals surface area contributed by atoms with Gasteiger partial charge in [-0.2, -0.15) is 9.83 Å². The minimum Gasteiger partial charge on any atom is -0.619 e. The summed E-state index contributed by atoms with van der Waals surface area (Å²) in [6.07, 6.45) is 5.63. The second-order valence-corrected chi connectivity index (χ2v) is 13.0. The van der Waals surface area contributed by atoms with Crippen LogP contribution in [0.1, 0.15) is 37.6 Å². The molecular weight excluding hydrogens is 700 g/mol. The van der Waals surface area contributed by atoms with E-state index in [2.05, 4.69) is 38.8 Å². The average molecular weight is 739 g/mol. The maximum absolute atomic E-state index is 13.7. The maximum Gasteiger partial charge on any atom is 0.291 e. The molecule has 7 aromatic rings. The molecule has 0 bridgehead atoms. The highest BCUT2D eigenvalue weighted by atomic mass is 16.5. The van der Waals surface area contributed by atoms with Gasteiger partial charge in [0.15, 0.2) is 35.1 Å². The number of carbonyl (C=O) groups is 2. The summed E-state index contributed by atoms with van der Waals surface area (Å²) in [7, 11) is 4.81. The Bertz CT molecular complexity index is 2580. The lowest BCUT2D eigenvalue weighted by atomic mass is 10.1. The molecule has 0 atom stereocenters. The van der Waals surface area contributed by atoms with Gasteiger partial charge in [0.25, 0.3) is 11.8 Å². The number of rotatable bonds is 13. The third kappa shape index (κ3) is 8.32. The van der Waals surface area contributed by atoms with Crippen molar-refractivity contribution in [2.24, 2.45) is 7.05 Å². The number of fused-ring (bicyclic) bond motifs is 2. The topological polar surface area (TPSA) is 155 Å². The van der Waals surface area contributed by atoms with Crippen molar-refractivity contribution in [1.82, 2.24) is 14.7 Å². The molecule has 0 radical (unpaired) electrons. The summed E-state index contributed by atoms with van der Waals surface area (Å²) in [6, 6.07) is 28.2. The van der Waals surface area contributed by atoms with Gasteiger partial charge in [0, 0.05) is 61.5 Å². The molecule has 278 valence electrons. The SMILES string of the molecule is COc1cc(NC(=O)c2cc(=O)c3ccccc3o2)c(C(=O)Nc2ccc(CCN(Cc3ccc4c(cnn4C)c3)Cc3ccc[n+]([O-])c3)cc2)cc1OC. The van der Waals surface area contributed by atoms with E-state index in [4.69, 9.17) is 13.9 Å². The van der Waals surface area contributed by atoms with Crippen LogP contribution in [-0.2, 0) is 26.6 Å². The minimum absolute atomic E-state index is 0.0960. The van der Waals surface area contributed by atoms with Gasteiger partial charge in [-0.1, -0.05) is 30.3 Å². The summed E-state index contributed by atoms with van der Waals surface area (Å²) in [5.74, 6) is -0.890. The molecule has 0 aliphatic rings. The third-order valence-electron chi connectivity index (χ3n) is 9.26. The van der Waals surface area contributed by atoms with Gasteiger partial charge in [-0.3, -0.25) is 24.0 Å². The number of pyridine rings is 1. The van der Waals surface area contributed by atoms with Crippen LogP contribution in [0.15, 0.2) is 125 Å². The number of aromatic nitrogens is 3. The van der Waals surface area contributed by atoms with Gasteiger partial charge in [0.2, 0.25) is 0 Å². The summed E-state index contributed by atoms with van der Waals surface area (Å²) in [5, 5.41) is 23.4. The van der Waals surface area contributed by atoms with Crippen LogP contribution >= 0.6 is 0 Å². The first-order chi connectivity index (χ1) is 26.7. The first-order valence-electron chi connectivity index (χ1n) is 17.5. The van der Waals surface area contributed by atoms with E-state index in [1.54, 1.807) is 36.5 Å². The van der Waals surface area contributed by atoms with Crippen LogP contribution in [0, 0.1) is 5.21 Å². The Kier molecular flexibility index (Phi) is 10.5. The van der Waals surface area contributed by atoms with Crippen LogP contribution in [0.4, 0.5) is 11.4 Å². The summed E-state index contributed by atoms with van der Waals surface area (Å²) in [4.78, 5) is 42.0. The minimum atomic E-state index is -0.723. The number of methoxy groups -OCH3 is 2. The molecule has 2 N–H and O–H groups in total. The van der Waals surface area contributed by atoms with Crippen molar-refractivity contribution in [3.8, 4) is 11.5 Å². The number of aryl methyl sites for hydroxylation is 1. The Morgan fingerprint density at radius 1 is 0.855 bits per heavy atom. The van der Waals surface area contributed by atoms with Crippen molar-refractivity contribution in [2.45, 2.75) is 19.5 Å². The summed E-state index contributed by atoms with van der Waals surface area (Å²) < 4.78 is 19.2. The predicted molar refractivity (Wildman–Crippen MR) is 208 cm³/mol. The van der Waals surface area contributed by atoms with E-state index >= 15 is 0 Å². The van der Waals surface area contributed by atoms with Gasteiger partial charge < -0.3 is 29.7 Å². The molecule has 2 amide bonds. The van der Waals surface area contributed by atoms with E-state index in [1.165, 1.54) is 32.5 Å². The number of benzene rings is 4. The highest BCUT2D eigenvalue weighted by Crippen LogP contribution is 2.34. The Labute approximate surface area is 315 Å². The van der Waals surface area contributed by atoms with Crippen molar-refractivity contribution in [3.63, 3.8) is 0 Å². The highest BCUT2D eigenvalue weighted by Gasteiger charge is 2.21. The van der Waals surface area contributed by atoms with Gasteiger partial charge in [-0.25, -0.2) is 0 Å². The lowest BCUT2D eigenvalue weighted by Crippen LogP contribution is -2.29. The molecule has 7 rings (SSSR count). The largest absolute Gasteiger partial charge is 0.619 e. The molecule has 13 nitrogen and oxygen atoms in total. The number of amides is 2. The molecule has 0 saturated carbocycles. The zero-order valence-electron chi connectivity index (χ0n) is 30.4. The monoisotopic (exact) mass is 738 g/mol. The standard InChI is InChI=1S/C42H38N6O7/c1-46-35-15-12-28(19-30(35)23-43-46)24-47(25-29-7-6-17-48(52)26-29)18-16-27-10-13-31(14-11-27)44-41(50)33-20-38(53-2)39(54-3)21-34(33)45-42(51)40-22-36(49)32-8-4-5-9-37(32)55-40/h4-15,17,19-23,26H,16,18,24-25H2,1-3H3,(H,44,50)(H,45,51). The quantitative estimate of drug-likeness (QED) is 0.106. The summed E-state index contributed by atoms with van der Waals surface area (Å²) in [5.41, 5.74) is 4.79. The molecule has 0 saturated heterocycles. The summed E-state index contributed by atoms with van der Waals surface area (Å²) in [6.45, 7) is 1.96. The molecule has 3 aromatic heterocycles. The number of nitrogens with one attached hydrogen (secondary N) is 2. The Morgan fingerprint density at radius 3 is 2.38 bits per heavy atom. The van der Waals surface area contributed by atoms with Crippen LogP contribution < -0.4 is 30.3 Å². The molecule has 0 unspecified atom stereocenters. The first-order valence-corrected chi connectivity index (χ1v) is 17.5. The molecule has 13 heteroatoms. The van der Waals surface area contributed by atoms with E-state index in [-0.39, 0.29) is 39.5 Å². The average Bonchev–Trinajstić information content (AvgIpc) is 3.56. The molecular formula is C42H38N6O7. The van der Waals surface area contributed by atoms with Crippen molar-refractivity contribution < 1.29 is 28.2 Å². The number of nitrogens with zero attached hydrogens (tertiary/aromatic N) is 4. The zero-order valence-corrected chi connectivity index (χ0v) is 30.4. The zero-order chi connectivity index (χ0) is 38.5. The Balaban J connectivity index is 1.06. The molecule has 0 aliphatic heterocycles. The van der Waals surface area contributed by atoms with Crippen LogP contribution in [0.25, 0.3) is 21.9 Å². The maximum atomic E-state index is 13.7. The first kappa shape index (κ1) is 36.4. The number of para-hydroxylation sites is 1. The van der Waals surface area contributed by atoms with E-state index in [9.17, 15) is 19.6 Å². The molecule has 4 aromatic carbocycles. The molecule has 3 heterocycles. The lowest BCUT2D eigenvalue weighted by molar-refractivity contribution is -0.605. The fraction of sp³-hybridized carbons (Fsp3) is 0.167. The Hall–Kier alpha value is -6.99. The second kappa shape index (κ2) is 15.9. The van der Waals surface area contributed by atoms with E-state index in [0.717, 1.165) is 38.4 Å². The Morgan fingerprint density at radius 2 is 1.60 bits per heavy atom. The molecule has 0 aliphatic carbocycles. The number of anilines is 2. The second-order valence-electron chi connectivity index (χ2n) is 13.0. The molecule has 0 fully saturated rings. The fourth-order valence-electron chi connectivity index (χ4n) is 6.45. The van der Waals surface area contributed by atoms with E-state index in [0.29, 0.717) is 37.1 Å². The normalized spacial score (nSPS) is 11.2.